The average molecular weight is 281 g/mol. The first kappa shape index (κ1) is 14.3. The number of benzene rings is 1. The molecule has 0 spiro atoms. The lowest BCUT2D eigenvalue weighted by molar-refractivity contribution is -0.0594. The molecule has 0 fully saturated rings. The number of anilines is 1. The number of nitrogens with two attached hydrogens (primary N) is 1. The van der Waals surface area contributed by atoms with Crippen molar-refractivity contribution in [3.05, 3.63) is 24.3 Å². The van der Waals surface area contributed by atoms with Gasteiger partial charge in [0.05, 0.1) is 4.90 Å². The molecule has 5 nitrogen and oxygen atoms in total. The molecule has 0 aliphatic heterocycles. The normalized spacial score (nSPS) is 13.4. The van der Waals surface area contributed by atoms with Crippen LogP contribution in [-0.4, -0.2) is 20.3 Å². The molecule has 18 heavy (non-hydrogen) atoms. The molecule has 0 radical (unpaired) electrons. The van der Waals surface area contributed by atoms with Crippen molar-refractivity contribution in [2.24, 2.45) is 5.10 Å². The molecule has 0 aromatic heterocycles. The van der Waals surface area contributed by atoms with Crippen molar-refractivity contribution in [2.75, 3.05) is 5.73 Å². The standard InChI is InChI=1S/C9H10F3N3O2S/c1-6(9(10,11)12)14-15-18(16,17)8-4-2-7(13)3-5-8/h2-5,15H,13H2,1H3/b14-6-. The Morgan fingerprint density at radius 2 is 1.78 bits per heavy atom. The Labute approximate surface area is 102 Å². The van der Waals surface area contributed by atoms with E-state index in [0.717, 1.165) is 12.1 Å². The Hall–Kier alpha value is -1.77. The third-order valence-corrected chi connectivity index (χ3v) is 3.16. The molecular weight excluding hydrogens is 271 g/mol. The van der Waals surface area contributed by atoms with Gasteiger partial charge >= 0.3 is 6.18 Å². The lowest BCUT2D eigenvalue weighted by Gasteiger charge is -2.07. The predicted octanol–water partition coefficient (Wildman–Crippen LogP) is 1.49. The zero-order chi connectivity index (χ0) is 14.0. The van der Waals surface area contributed by atoms with Crippen molar-refractivity contribution < 1.29 is 21.6 Å². The summed E-state index contributed by atoms with van der Waals surface area (Å²) in [5, 5.41) is 2.79. The summed E-state index contributed by atoms with van der Waals surface area (Å²) in [5.41, 5.74) is 4.40. The number of nitrogens with zero attached hydrogens (tertiary/aromatic N) is 1. The Balaban J connectivity index is 2.94. The van der Waals surface area contributed by atoms with Crippen LogP contribution in [0.2, 0.25) is 0 Å². The number of nitrogen functional groups attached to an aromatic ring is 1. The van der Waals surface area contributed by atoms with E-state index in [9.17, 15) is 21.6 Å². The van der Waals surface area contributed by atoms with Gasteiger partial charge in [-0.05, 0) is 31.2 Å². The van der Waals surface area contributed by atoms with Gasteiger partial charge in [-0.1, -0.05) is 0 Å². The number of sulfonamides is 1. The maximum absolute atomic E-state index is 12.1. The molecule has 0 atom stereocenters. The first-order valence-corrected chi connectivity index (χ1v) is 6.10. The second-order valence-electron chi connectivity index (χ2n) is 3.36. The minimum absolute atomic E-state index is 0.226. The molecule has 0 saturated carbocycles. The van der Waals surface area contributed by atoms with Gasteiger partial charge in [0.1, 0.15) is 5.71 Å². The highest BCUT2D eigenvalue weighted by Crippen LogP contribution is 2.17. The van der Waals surface area contributed by atoms with Crippen LogP contribution < -0.4 is 10.6 Å². The van der Waals surface area contributed by atoms with Crippen molar-refractivity contribution in [3.8, 4) is 0 Å². The van der Waals surface area contributed by atoms with Crippen molar-refractivity contribution in [3.63, 3.8) is 0 Å². The summed E-state index contributed by atoms with van der Waals surface area (Å²) >= 11 is 0. The van der Waals surface area contributed by atoms with E-state index in [1.807, 2.05) is 0 Å². The first-order chi connectivity index (χ1) is 8.13. The van der Waals surface area contributed by atoms with Crippen LogP contribution in [0.15, 0.2) is 34.3 Å². The van der Waals surface area contributed by atoms with E-state index < -0.39 is 21.9 Å². The highest BCUT2D eigenvalue weighted by Gasteiger charge is 2.32. The summed E-state index contributed by atoms with van der Waals surface area (Å²) in [6.45, 7) is 0.658. The SMILES string of the molecule is C/C(=N/NS(=O)(=O)c1ccc(N)cc1)C(F)(F)F. The highest BCUT2D eigenvalue weighted by molar-refractivity contribution is 7.89. The number of alkyl halides is 3. The molecule has 9 heteroatoms. The molecule has 0 aliphatic rings. The van der Waals surface area contributed by atoms with Gasteiger partial charge in [0.15, 0.2) is 0 Å². The van der Waals surface area contributed by atoms with Crippen LogP contribution in [0.5, 0.6) is 0 Å². The average Bonchev–Trinajstić information content (AvgIpc) is 2.25. The summed E-state index contributed by atoms with van der Waals surface area (Å²) in [7, 11) is -4.13. The van der Waals surface area contributed by atoms with E-state index >= 15 is 0 Å². The first-order valence-electron chi connectivity index (χ1n) is 4.62. The number of rotatable bonds is 3. The van der Waals surface area contributed by atoms with Gasteiger partial charge in [-0.25, -0.2) is 0 Å². The van der Waals surface area contributed by atoms with Crippen LogP contribution in [0.4, 0.5) is 18.9 Å². The largest absolute Gasteiger partial charge is 0.430 e. The summed E-state index contributed by atoms with van der Waals surface area (Å²) < 4.78 is 59.4. The van der Waals surface area contributed by atoms with E-state index in [0.29, 0.717) is 12.6 Å². The van der Waals surface area contributed by atoms with Crippen LogP contribution in [-0.2, 0) is 10.0 Å². The molecule has 0 bridgehead atoms. The Kier molecular flexibility index (Phi) is 3.85. The fourth-order valence-corrected chi connectivity index (χ4v) is 1.75. The van der Waals surface area contributed by atoms with Crippen molar-refractivity contribution in [1.82, 2.24) is 4.83 Å². The monoisotopic (exact) mass is 281 g/mol. The van der Waals surface area contributed by atoms with E-state index in [2.05, 4.69) is 5.10 Å². The summed E-state index contributed by atoms with van der Waals surface area (Å²) in [6.07, 6.45) is -4.68. The Morgan fingerprint density at radius 3 is 2.22 bits per heavy atom. The fraction of sp³-hybridized carbons (Fsp3) is 0.222. The minimum atomic E-state index is -4.68. The third kappa shape index (κ3) is 3.62. The maximum atomic E-state index is 12.1. The van der Waals surface area contributed by atoms with Gasteiger partial charge in [0.2, 0.25) is 0 Å². The number of halogens is 3. The smallest absolute Gasteiger partial charge is 0.399 e. The number of nitrogens with one attached hydrogen (secondary N) is 1. The Morgan fingerprint density at radius 1 is 1.28 bits per heavy atom. The maximum Gasteiger partial charge on any atom is 0.430 e. The van der Waals surface area contributed by atoms with Crippen LogP contribution in [0.3, 0.4) is 0 Å². The highest BCUT2D eigenvalue weighted by atomic mass is 32.2. The van der Waals surface area contributed by atoms with Gasteiger partial charge in [-0.2, -0.15) is 31.5 Å². The molecule has 1 aromatic carbocycles. The Bertz CT molecular complexity index is 549. The molecule has 0 unspecified atom stereocenters. The van der Waals surface area contributed by atoms with E-state index in [4.69, 9.17) is 5.73 Å². The third-order valence-electron chi connectivity index (χ3n) is 1.93. The topological polar surface area (TPSA) is 84.5 Å². The second-order valence-corrected chi connectivity index (χ2v) is 5.02. The summed E-state index contributed by atoms with van der Waals surface area (Å²) in [6, 6.07) is 4.95. The predicted molar refractivity (Wildman–Crippen MR) is 60.3 cm³/mol. The van der Waals surface area contributed by atoms with Gasteiger partial charge in [-0.3, -0.25) is 0 Å². The van der Waals surface area contributed by atoms with Crippen LogP contribution in [0, 0.1) is 0 Å². The molecule has 1 aromatic rings. The van der Waals surface area contributed by atoms with Crippen LogP contribution in [0.1, 0.15) is 6.92 Å². The number of hydrazone groups is 1. The quantitative estimate of drug-likeness (QED) is 0.500. The van der Waals surface area contributed by atoms with Crippen molar-refractivity contribution >= 4 is 21.4 Å². The number of hydrogen-bond acceptors (Lipinski definition) is 4. The van der Waals surface area contributed by atoms with Gasteiger partial charge in [0.25, 0.3) is 10.0 Å². The fourth-order valence-electron chi connectivity index (χ4n) is 0.892. The molecule has 0 aliphatic carbocycles. The molecule has 100 valence electrons. The summed E-state index contributed by atoms with van der Waals surface area (Å²) in [5.74, 6) is 0. The number of hydrogen-bond donors (Lipinski definition) is 2. The minimum Gasteiger partial charge on any atom is -0.399 e. The zero-order valence-corrected chi connectivity index (χ0v) is 10.0. The van der Waals surface area contributed by atoms with Crippen molar-refractivity contribution in [1.29, 1.82) is 0 Å². The van der Waals surface area contributed by atoms with Crippen molar-refractivity contribution in [2.45, 2.75) is 18.0 Å². The molecule has 3 N–H and O–H groups in total. The lowest BCUT2D eigenvalue weighted by atomic mass is 10.3. The molecule has 0 heterocycles. The van der Waals surface area contributed by atoms with E-state index in [1.54, 1.807) is 0 Å². The molecule has 0 amide bonds. The second kappa shape index (κ2) is 4.84. The summed E-state index contributed by atoms with van der Waals surface area (Å²) in [4.78, 5) is 1.27. The molecular formula is C9H10F3N3O2S. The van der Waals surface area contributed by atoms with Gasteiger partial charge in [0, 0.05) is 5.69 Å². The van der Waals surface area contributed by atoms with E-state index in [-0.39, 0.29) is 4.90 Å². The van der Waals surface area contributed by atoms with Crippen LogP contribution >= 0.6 is 0 Å². The van der Waals surface area contributed by atoms with Gasteiger partial charge < -0.3 is 5.73 Å². The van der Waals surface area contributed by atoms with Crippen LogP contribution in [0.25, 0.3) is 0 Å². The molecule has 1 rings (SSSR count). The molecule has 0 saturated heterocycles. The van der Waals surface area contributed by atoms with E-state index in [1.165, 1.54) is 17.0 Å². The van der Waals surface area contributed by atoms with Gasteiger partial charge in [-0.15, -0.1) is 0 Å². The lowest BCUT2D eigenvalue weighted by Crippen LogP contribution is -2.26. The zero-order valence-electron chi connectivity index (χ0n) is 9.19.